The number of anilines is 1. The summed E-state index contributed by atoms with van der Waals surface area (Å²) in [6.07, 6.45) is 4.76. The van der Waals surface area contributed by atoms with E-state index >= 15 is 0 Å². The molecule has 11 heteroatoms. The van der Waals surface area contributed by atoms with Gasteiger partial charge in [-0.3, -0.25) is 13.8 Å². The lowest BCUT2D eigenvalue weighted by Crippen LogP contribution is -2.43. The number of fused-ring (bicyclic) bond motifs is 1. The number of rotatable bonds is 10. The lowest BCUT2D eigenvalue weighted by Gasteiger charge is -2.35. The van der Waals surface area contributed by atoms with Crippen LogP contribution in [0.3, 0.4) is 0 Å². The van der Waals surface area contributed by atoms with Gasteiger partial charge in [-0.25, -0.2) is 8.42 Å². The number of carboxylic acid groups (broad SMARTS) is 1. The maximum Gasteiger partial charge on any atom is 0.303 e. The molecule has 0 fully saturated rings. The third-order valence-electron chi connectivity index (χ3n) is 5.45. The Hall–Kier alpha value is -3.31. The second-order valence-electron chi connectivity index (χ2n) is 7.87. The number of thiophene rings is 1. The van der Waals surface area contributed by atoms with E-state index in [2.05, 4.69) is 5.10 Å². The molecule has 2 aromatic heterocycles. The van der Waals surface area contributed by atoms with Gasteiger partial charge in [0, 0.05) is 24.0 Å². The highest BCUT2D eigenvalue weighted by molar-refractivity contribution is 7.93. The predicted octanol–water partition coefficient (Wildman–Crippen LogP) is 4.35. The minimum Gasteiger partial charge on any atom is -0.486 e. The van der Waals surface area contributed by atoms with Gasteiger partial charge in [-0.15, -0.1) is 16.4 Å². The van der Waals surface area contributed by atoms with Crippen LogP contribution in [0, 0.1) is 0 Å². The summed E-state index contributed by atoms with van der Waals surface area (Å²) in [6.45, 7) is 4.34. The van der Waals surface area contributed by atoms with Crippen molar-refractivity contribution in [1.82, 2.24) is 9.78 Å². The molecule has 1 aliphatic rings. The molecule has 0 radical (unpaired) electrons. The Morgan fingerprint density at radius 1 is 1.31 bits per heavy atom. The number of aliphatic carboxylic acids is 1. The van der Waals surface area contributed by atoms with E-state index in [4.69, 9.17) is 14.6 Å². The Morgan fingerprint density at radius 3 is 2.83 bits per heavy atom. The average Bonchev–Trinajstić information content (AvgIpc) is 3.51. The normalized spacial score (nSPS) is 15.7. The molecule has 1 atom stereocenters. The van der Waals surface area contributed by atoms with Crippen LogP contribution in [-0.2, 0) is 21.4 Å². The molecule has 3 heterocycles. The summed E-state index contributed by atoms with van der Waals surface area (Å²) in [5.41, 5.74) is 1.19. The summed E-state index contributed by atoms with van der Waals surface area (Å²) in [7, 11) is -4.09. The number of hydrogen-bond donors (Lipinski definition) is 1. The lowest BCUT2D eigenvalue weighted by atomic mass is 10.1. The van der Waals surface area contributed by atoms with E-state index in [1.165, 1.54) is 15.2 Å². The number of aromatic nitrogens is 2. The summed E-state index contributed by atoms with van der Waals surface area (Å²) in [6, 6.07) is 9.27. The Balaban J connectivity index is 1.76. The SMILES string of the molecule is CCOc1nn(CC)cc1S(=O)(=O)N1CC(CCC(=O)O)Oc2ccc(C=Cc3cccs3)cc21. The largest absolute Gasteiger partial charge is 0.486 e. The zero-order valence-electron chi connectivity index (χ0n) is 19.5. The van der Waals surface area contributed by atoms with Crippen LogP contribution in [-0.4, -0.2) is 48.5 Å². The summed E-state index contributed by atoms with van der Waals surface area (Å²) in [5, 5.41) is 15.4. The van der Waals surface area contributed by atoms with Crippen molar-refractivity contribution in [2.24, 2.45) is 0 Å². The molecule has 0 bridgehead atoms. The monoisotopic (exact) mass is 517 g/mol. The van der Waals surface area contributed by atoms with E-state index in [0.29, 0.717) is 18.0 Å². The maximum atomic E-state index is 13.9. The highest BCUT2D eigenvalue weighted by Gasteiger charge is 2.37. The first-order chi connectivity index (χ1) is 16.8. The molecule has 1 unspecified atom stereocenters. The van der Waals surface area contributed by atoms with Crippen molar-refractivity contribution in [3.05, 3.63) is 52.3 Å². The quantitative estimate of drug-likeness (QED) is 0.425. The second-order valence-corrected chi connectivity index (χ2v) is 10.7. The molecule has 1 N–H and O–H groups in total. The zero-order valence-corrected chi connectivity index (χ0v) is 21.1. The summed E-state index contributed by atoms with van der Waals surface area (Å²) >= 11 is 1.60. The summed E-state index contributed by atoms with van der Waals surface area (Å²) in [5.74, 6) is -0.548. The molecule has 4 rings (SSSR count). The third kappa shape index (κ3) is 5.51. The topological polar surface area (TPSA) is 111 Å². The molecule has 9 nitrogen and oxygen atoms in total. The van der Waals surface area contributed by atoms with Crippen molar-refractivity contribution >= 4 is 45.2 Å². The van der Waals surface area contributed by atoms with Gasteiger partial charge in [0.1, 0.15) is 11.9 Å². The molecule has 0 aliphatic carbocycles. The third-order valence-corrected chi connectivity index (χ3v) is 8.05. The van der Waals surface area contributed by atoms with Crippen LogP contribution in [0.25, 0.3) is 12.2 Å². The average molecular weight is 518 g/mol. The van der Waals surface area contributed by atoms with Gasteiger partial charge in [0.05, 0.1) is 18.8 Å². The molecule has 0 saturated heterocycles. The van der Waals surface area contributed by atoms with Crippen LogP contribution in [0.2, 0.25) is 0 Å². The number of sulfonamides is 1. The summed E-state index contributed by atoms with van der Waals surface area (Å²) < 4.78 is 42.2. The zero-order chi connectivity index (χ0) is 25.0. The van der Waals surface area contributed by atoms with Crippen LogP contribution >= 0.6 is 11.3 Å². The Morgan fingerprint density at radius 2 is 2.14 bits per heavy atom. The van der Waals surface area contributed by atoms with Crippen LogP contribution in [0.15, 0.2) is 46.8 Å². The number of hydrogen-bond acceptors (Lipinski definition) is 7. The lowest BCUT2D eigenvalue weighted by molar-refractivity contribution is -0.137. The molecule has 0 spiro atoms. The number of benzene rings is 1. The van der Waals surface area contributed by atoms with Crippen molar-refractivity contribution in [3.63, 3.8) is 0 Å². The van der Waals surface area contributed by atoms with Gasteiger partial charge in [-0.1, -0.05) is 18.2 Å². The van der Waals surface area contributed by atoms with E-state index < -0.39 is 22.1 Å². The first-order valence-electron chi connectivity index (χ1n) is 11.3. The summed E-state index contributed by atoms with van der Waals surface area (Å²) in [4.78, 5) is 12.2. The molecular formula is C24H27N3O6S2. The molecule has 186 valence electrons. The molecule has 0 saturated carbocycles. The Bertz CT molecular complexity index is 1310. The van der Waals surface area contributed by atoms with Crippen molar-refractivity contribution in [1.29, 1.82) is 0 Å². The number of carboxylic acids is 1. The van der Waals surface area contributed by atoms with Gasteiger partial charge >= 0.3 is 5.97 Å². The van der Waals surface area contributed by atoms with Gasteiger partial charge in [-0.2, -0.15) is 0 Å². The smallest absolute Gasteiger partial charge is 0.303 e. The predicted molar refractivity (Wildman–Crippen MR) is 135 cm³/mol. The number of ether oxygens (including phenoxy) is 2. The number of carbonyl (C=O) groups is 1. The van der Waals surface area contributed by atoms with Crippen molar-refractivity contribution < 1.29 is 27.8 Å². The van der Waals surface area contributed by atoms with Crippen LogP contribution < -0.4 is 13.8 Å². The van der Waals surface area contributed by atoms with Crippen molar-refractivity contribution in [3.8, 4) is 11.6 Å². The fraction of sp³-hybridized carbons (Fsp3) is 0.333. The first-order valence-corrected chi connectivity index (χ1v) is 13.6. The fourth-order valence-corrected chi connectivity index (χ4v) is 5.93. The van der Waals surface area contributed by atoms with Gasteiger partial charge in [-0.05, 0) is 55.5 Å². The highest BCUT2D eigenvalue weighted by atomic mass is 32.2. The van der Waals surface area contributed by atoms with Crippen LogP contribution in [0.4, 0.5) is 5.69 Å². The van der Waals surface area contributed by atoms with Gasteiger partial charge in [0.15, 0.2) is 4.90 Å². The van der Waals surface area contributed by atoms with Gasteiger partial charge in [0.2, 0.25) is 0 Å². The number of aryl methyl sites for hydroxylation is 1. The molecule has 0 amide bonds. The second kappa shape index (κ2) is 10.5. The highest BCUT2D eigenvalue weighted by Crippen LogP contribution is 2.40. The molecule has 1 aliphatic heterocycles. The molecular weight excluding hydrogens is 490 g/mol. The van der Waals surface area contributed by atoms with Crippen molar-refractivity contribution in [2.75, 3.05) is 17.5 Å². The van der Waals surface area contributed by atoms with Crippen LogP contribution in [0.1, 0.15) is 37.1 Å². The van der Waals surface area contributed by atoms with Gasteiger partial charge < -0.3 is 14.6 Å². The first kappa shape index (κ1) is 24.8. The van der Waals surface area contributed by atoms with E-state index in [1.54, 1.807) is 30.4 Å². The van der Waals surface area contributed by atoms with Gasteiger partial charge in [0.25, 0.3) is 15.9 Å². The Kier molecular flexibility index (Phi) is 7.46. The minimum atomic E-state index is -4.09. The standard InChI is InChI=1S/C24H27N3O6S2/c1-3-26-16-22(24(25-26)32-4-2)35(30,31)27-15-18(9-12-23(28)29)33-21-11-8-17(14-20(21)27)7-10-19-6-5-13-34-19/h5-8,10-11,13-14,16,18H,3-4,9,12,15H2,1-2H3,(H,28,29). The van der Waals surface area contributed by atoms with E-state index in [-0.39, 0.29) is 36.8 Å². The minimum absolute atomic E-state index is 0.0242. The fourth-order valence-electron chi connectivity index (χ4n) is 3.74. The van der Waals surface area contributed by atoms with E-state index in [1.807, 2.05) is 42.7 Å². The number of nitrogens with zero attached hydrogens (tertiary/aromatic N) is 3. The van der Waals surface area contributed by atoms with Crippen molar-refractivity contribution in [2.45, 2.75) is 44.2 Å². The van der Waals surface area contributed by atoms with E-state index in [9.17, 15) is 13.2 Å². The molecule has 1 aromatic carbocycles. The molecule has 35 heavy (non-hydrogen) atoms. The Labute approximate surface area is 208 Å². The van der Waals surface area contributed by atoms with E-state index in [0.717, 1.165) is 10.4 Å². The molecule has 3 aromatic rings. The maximum absolute atomic E-state index is 13.9. The van der Waals surface area contributed by atoms with Crippen LogP contribution in [0.5, 0.6) is 11.6 Å².